The summed E-state index contributed by atoms with van der Waals surface area (Å²) in [5.41, 5.74) is 4.27. The van der Waals surface area contributed by atoms with E-state index in [1.807, 2.05) is 24.3 Å². The van der Waals surface area contributed by atoms with Crippen molar-refractivity contribution in [3.8, 4) is 5.75 Å². The zero-order valence-corrected chi connectivity index (χ0v) is 14.7. The number of aromatic hydroxyl groups is 1. The zero-order valence-electron chi connectivity index (χ0n) is 14.7. The van der Waals surface area contributed by atoms with E-state index in [4.69, 9.17) is 4.99 Å². The summed E-state index contributed by atoms with van der Waals surface area (Å²) in [7, 11) is 0. The lowest BCUT2D eigenvalue weighted by Gasteiger charge is -2.35. The third kappa shape index (κ3) is 3.50. The van der Waals surface area contributed by atoms with Crippen molar-refractivity contribution < 1.29 is 9.50 Å². The van der Waals surface area contributed by atoms with Gasteiger partial charge in [0.1, 0.15) is 11.6 Å². The van der Waals surface area contributed by atoms with Crippen LogP contribution in [-0.4, -0.2) is 22.3 Å². The Morgan fingerprint density at radius 2 is 1.92 bits per heavy atom. The highest BCUT2D eigenvalue weighted by molar-refractivity contribution is 6.01. The Kier molecular flexibility index (Phi) is 4.74. The molecule has 2 aromatic rings. The zero-order chi connectivity index (χ0) is 17.9. The number of nitrogens with zero attached hydrogens (tertiary/aromatic N) is 2. The summed E-state index contributed by atoms with van der Waals surface area (Å²) in [5, 5.41) is 10.3. The number of benzene rings is 2. The van der Waals surface area contributed by atoms with E-state index in [2.05, 4.69) is 11.1 Å². The molecule has 1 unspecified atom stereocenters. The van der Waals surface area contributed by atoms with Crippen molar-refractivity contribution in [2.45, 2.75) is 38.3 Å². The first kappa shape index (κ1) is 16.8. The van der Waals surface area contributed by atoms with Gasteiger partial charge in [-0.15, -0.1) is 0 Å². The van der Waals surface area contributed by atoms with E-state index in [1.54, 1.807) is 18.2 Å². The number of phenols is 1. The van der Waals surface area contributed by atoms with Crippen molar-refractivity contribution in [1.29, 1.82) is 0 Å². The van der Waals surface area contributed by atoms with Gasteiger partial charge in [0.25, 0.3) is 0 Å². The molecule has 4 rings (SSSR count). The Morgan fingerprint density at radius 1 is 1.08 bits per heavy atom. The highest BCUT2D eigenvalue weighted by Crippen LogP contribution is 2.36. The maximum atomic E-state index is 13.5. The molecule has 0 radical (unpaired) electrons. The number of rotatable bonds is 4. The Morgan fingerprint density at radius 3 is 2.77 bits per heavy atom. The number of halogens is 1. The molecule has 1 saturated carbocycles. The molecule has 0 saturated heterocycles. The van der Waals surface area contributed by atoms with Crippen molar-refractivity contribution in [2.75, 3.05) is 6.54 Å². The molecule has 134 valence electrons. The third-order valence-corrected chi connectivity index (χ3v) is 5.16. The van der Waals surface area contributed by atoms with E-state index >= 15 is 0 Å². The first-order valence-corrected chi connectivity index (χ1v) is 9.26. The van der Waals surface area contributed by atoms with Crippen LogP contribution in [0.3, 0.4) is 0 Å². The summed E-state index contributed by atoms with van der Waals surface area (Å²) >= 11 is 0. The van der Waals surface area contributed by atoms with Crippen LogP contribution in [0.5, 0.6) is 5.75 Å². The van der Waals surface area contributed by atoms with Crippen molar-refractivity contribution >= 4 is 5.71 Å². The highest BCUT2D eigenvalue weighted by Gasteiger charge is 2.27. The topological polar surface area (TPSA) is 35.8 Å². The van der Waals surface area contributed by atoms with Gasteiger partial charge in [-0.2, -0.15) is 0 Å². The standard InChI is InChI=1S/C22H23FN2O/c23-18-8-5-6-16(14-18)12-13-25-15-17-7-1-3-10-20(17)24-22(25)19-9-2-4-11-21(19)26/h2,4-6,8-9,11,14-15,22,26H,1,3,7,10,12-13H2. The normalized spacial score (nSPS) is 19.6. The fourth-order valence-electron chi connectivity index (χ4n) is 3.78. The second-order valence-electron chi connectivity index (χ2n) is 6.99. The largest absolute Gasteiger partial charge is 0.508 e. The summed E-state index contributed by atoms with van der Waals surface area (Å²) in [5.74, 6) is 0.0644. The third-order valence-electron chi connectivity index (χ3n) is 5.16. The molecule has 1 heterocycles. The monoisotopic (exact) mass is 350 g/mol. The van der Waals surface area contributed by atoms with Gasteiger partial charge in [-0.1, -0.05) is 30.3 Å². The second kappa shape index (κ2) is 7.32. The SMILES string of the molecule is Oc1ccccc1C1N=C2CCCCC2=CN1CCc1cccc(F)c1. The molecule has 1 N–H and O–H groups in total. The van der Waals surface area contributed by atoms with E-state index < -0.39 is 0 Å². The van der Waals surface area contributed by atoms with Gasteiger partial charge >= 0.3 is 0 Å². The lowest BCUT2D eigenvalue weighted by Crippen LogP contribution is -2.31. The molecule has 1 aliphatic carbocycles. The molecule has 1 aliphatic heterocycles. The summed E-state index contributed by atoms with van der Waals surface area (Å²) in [6, 6.07) is 14.1. The Balaban J connectivity index is 1.62. The van der Waals surface area contributed by atoms with Crippen molar-refractivity contribution in [2.24, 2.45) is 4.99 Å². The van der Waals surface area contributed by atoms with E-state index in [-0.39, 0.29) is 17.7 Å². The van der Waals surface area contributed by atoms with Crippen LogP contribution in [-0.2, 0) is 6.42 Å². The molecule has 2 aromatic carbocycles. The van der Waals surface area contributed by atoms with Gasteiger partial charge in [-0.25, -0.2) is 4.39 Å². The molecule has 0 amide bonds. The van der Waals surface area contributed by atoms with Crippen LogP contribution in [0.25, 0.3) is 0 Å². The average molecular weight is 350 g/mol. The number of hydrogen-bond donors (Lipinski definition) is 1. The van der Waals surface area contributed by atoms with Crippen LogP contribution in [0.1, 0.15) is 43.0 Å². The van der Waals surface area contributed by atoms with Gasteiger partial charge in [-0.05, 0) is 61.4 Å². The molecule has 0 spiro atoms. The molecule has 3 nitrogen and oxygen atoms in total. The molecule has 2 aliphatic rings. The Hall–Kier alpha value is -2.62. The summed E-state index contributed by atoms with van der Waals surface area (Å²) in [6.45, 7) is 0.725. The average Bonchev–Trinajstić information content (AvgIpc) is 2.66. The summed E-state index contributed by atoms with van der Waals surface area (Å²) < 4.78 is 13.5. The predicted octanol–water partition coefficient (Wildman–Crippen LogP) is 4.99. The van der Waals surface area contributed by atoms with Crippen molar-refractivity contribution in [3.05, 3.63) is 77.2 Å². The number of hydrogen-bond acceptors (Lipinski definition) is 3. The van der Waals surface area contributed by atoms with Crippen molar-refractivity contribution in [3.63, 3.8) is 0 Å². The minimum Gasteiger partial charge on any atom is -0.508 e. The molecular weight excluding hydrogens is 327 g/mol. The number of allylic oxidation sites excluding steroid dienone is 1. The van der Waals surface area contributed by atoms with Gasteiger partial charge in [0.2, 0.25) is 0 Å². The Bertz CT molecular complexity index is 859. The van der Waals surface area contributed by atoms with Crippen LogP contribution in [0.4, 0.5) is 4.39 Å². The van der Waals surface area contributed by atoms with Gasteiger partial charge < -0.3 is 10.0 Å². The fraction of sp³-hybridized carbons (Fsp3) is 0.318. The number of fused-ring (bicyclic) bond motifs is 1. The quantitative estimate of drug-likeness (QED) is 0.843. The lowest BCUT2D eigenvalue weighted by atomic mass is 9.91. The molecule has 4 heteroatoms. The van der Waals surface area contributed by atoms with E-state index in [0.29, 0.717) is 0 Å². The lowest BCUT2D eigenvalue weighted by molar-refractivity contribution is 0.276. The smallest absolute Gasteiger partial charge is 0.150 e. The van der Waals surface area contributed by atoms with Crippen LogP contribution in [0, 0.1) is 5.82 Å². The fourth-order valence-corrected chi connectivity index (χ4v) is 3.78. The van der Waals surface area contributed by atoms with Gasteiger partial charge in [0, 0.05) is 24.0 Å². The molecule has 0 aromatic heterocycles. The van der Waals surface area contributed by atoms with Crippen LogP contribution in [0.15, 0.2) is 65.3 Å². The number of phenolic OH excluding ortho intramolecular Hbond substituents is 1. The highest BCUT2D eigenvalue weighted by atomic mass is 19.1. The number of para-hydroxylation sites is 1. The molecular formula is C22H23FN2O. The summed E-state index contributed by atoms with van der Waals surface area (Å²) in [4.78, 5) is 7.17. The first-order valence-electron chi connectivity index (χ1n) is 9.26. The molecule has 1 atom stereocenters. The van der Waals surface area contributed by atoms with Crippen LogP contribution in [0.2, 0.25) is 0 Å². The maximum absolute atomic E-state index is 13.5. The minimum atomic E-state index is -0.221. The van der Waals surface area contributed by atoms with Gasteiger partial charge in [0.15, 0.2) is 6.17 Å². The van der Waals surface area contributed by atoms with Gasteiger partial charge in [-0.3, -0.25) is 4.99 Å². The van der Waals surface area contributed by atoms with E-state index in [1.165, 1.54) is 30.2 Å². The number of aliphatic imine (C=N–C) groups is 1. The summed E-state index contributed by atoms with van der Waals surface area (Å²) in [6.07, 6.45) is 7.16. The Labute approximate surface area is 153 Å². The van der Waals surface area contributed by atoms with E-state index in [9.17, 15) is 9.50 Å². The van der Waals surface area contributed by atoms with Crippen LogP contribution >= 0.6 is 0 Å². The molecule has 0 bridgehead atoms. The minimum absolute atomic E-state index is 0.204. The van der Waals surface area contributed by atoms with Crippen LogP contribution < -0.4 is 0 Å². The van der Waals surface area contributed by atoms with Crippen molar-refractivity contribution in [1.82, 2.24) is 4.90 Å². The maximum Gasteiger partial charge on any atom is 0.150 e. The molecule has 26 heavy (non-hydrogen) atoms. The van der Waals surface area contributed by atoms with E-state index in [0.717, 1.165) is 36.9 Å². The predicted molar refractivity (Wildman–Crippen MR) is 102 cm³/mol. The van der Waals surface area contributed by atoms with Gasteiger partial charge in [0.05, 0.1) is 0 Å². The first-order chi connectivity index (χ1) is 12.7. The molecule has 1 fully saturated rings. The second-order valence-corrected chi connectivity index (χ2v) is 6.99.